The molecule has 4 rings (SSSR count). The van der Waals surface area contributed by atoms with E-state index in [2.05, 4.69) is 4.99 Å². The maximum absolute atomic E-state index is 12.6. The lowest BCUT2D eigenvalue weighted by Crippen LogP contribution is -2.39. The highest BCUT2D eigenvalue weighted by atomic mass is 32.1. The lowest BCUT2D eigenvalue weighted by Gasteiger charge is -2.27. The van der Waals surface area contributed by atoms with E-state index in [1.165, 1.54) is 18.4 Å². The van der Waals surface area contributed by atoms with Gasteiger partial charge in [0, 0.05) is 16.2 Å². The van der Waals surface area contributed by atoms with Crippen molar-refractivity contribution in [1.82, 2.24) is 4.98 Å². The maximum atomic E-state index is 12.6. The number of thiazole rings is 1. The Morgan fingerprint density at radius 1 is 1.13 bits per heavy atom. The number of ether oxygens (including phenoxy) is 1. The zero-order valence-electron chi connectivity index (χ0n) is 16.7. The summed E-state index contributed by atoms with van der Waals surface area (Å²) >= 11 is 1.46. The van der Waals surface area contributed by atoms with E-state index in [-0.39, 0.29) is 10.5 Å². The monoisotopic (exact) mass is 421 g/mol. The number of rotatable bonds is 4. The van der Waals surface area contributed by atoms with Crippen LogP contribution in [0.15, 0.2) is 64.8 Å². The molecule has 0 amide bonds. The van der Waals surface area contributed by atoms with Crippen LogP contribution >= 0.6 is 11.3 Å². The average Bonchev–Trinajstić information content (AvgIpc) is 3.17. The van der Waals surface area contributed by atoms with Gasteiger partial charge in [-0.25, -0.2) is 9.78 Å². The van der Waals surface area contributed by atoms with Gasteiger partial charge in [0.2, 0.25) is 0 Å². The number of methoxy groups -OCH3 is 1. The molecule has 1 aliphatic heterocycles. The van der Waals surface area contributed by atoms with Crippen molar-refractivity contribution in [3.8, 4) is 10.6 Å². The van der Waals surface area contributed by atoms with Crippen LogP contribution in [0.2, 0.25) is 0 Å². The molecule has 8 heteroatoms. The van der Waals surface area contributed by atoms with Crippen LogP contribution in [0.25, 0.3) is 20.8 Å². The molecule has 0 saturated carbocycles. The molecule has 2 unspecified atom stereocenters. The second-order valence-corrected chi connectivity index (χ2v) is 8.03. The molecule has 30 heavy (non-hydrogen) atoms. The number of carbonyl (C=O) groups is 1. The lowest BCUT2D eigenvalue weighted by molar-refractivity contribution is -0.505. The molecule has 2 heterocycles. The van der Waals surface area contributed by atoms with Gasteiger partial charge in [-0.15, -0.1) is 11.3 Å². The molecule has 1 aromatic heterocycles. The van der Waals surface area contributed by atoms with E-state index < -0.39 is 17.9 Å². The summed E-state index contributed by atoms with van der Waals surface area (Å²) in [6.45, 7) is 3.31. The lowest BCUT2D eigenvalue weighted by atomic mass is 9.80. The van der Waals surface area contributed by atoms with Gasteiger partial charge in [0.05, 0.1) is 34.5 Å². The van der Waals surface area contributed by atoms with Crippen molar-refractivity contribution in [3.63, 3.8) is 0 Å². The van der Waals surface area contributed by atoms with Crippen molar-refractivity contribution in [1.29, 1.82) is 0 Å². The van der Waals surface area contributed by atoms with Crippen LogP contribution in [-0.4, -0.2) is 34.7 Å². The number of allylic oxidation sites excluding steroid dienone is 1. The van der Waals surface area contributed by atoms with Crippen LogP contribution in [0.4, 0.5) is 0 Å². The number of nitrogens with zero attached hydrogens (tertiary/aromatic N) is 3. The normalized spacial score (nSPS) is 19.0. The Balaban J connectivity index is 1.96. The largest absolute Gasteiger partial charge is 0.466 e. The van der Waals surface area contributed by atoms with E-state index in [4.69, 9.17) is 9.72 Å². The van der Waals surface area contributed by atoms with Gasteiger partial charge in [0.25, 0.3) is 6.04 Å². The summed E-state index contributed by atoms with van der Waals surface area (Å²) < 4.78 is 5.78. The Bertz CT molecular complexity index is 1210. The molecule has 3 aromatic rings. The Kier molecular flexibility index (Phi) is 5.17. The molecule has 0 saturated heterocycles. The van der Waals surface area contributed by atoms with E-state index in [0.717, 1.165) is 20.8 Å². The molecule has 7 nitrogen and oxygen atoms in total. The third kappa shape index (κ3) is 3.29. The van der Waals surface area contributed by atoms with E-state index in [1.807, 2.05) is 48.5 Å². The number of nitro groups is 1. The molecule has 152 valence electrons. The van der Waals surface area contributed by atoms with Gasteiger partial charge in [-0.2, -0.15) is 0 Å². The molecule has 0 spiro atoms. The number of fused-ring (bicyclic) bond motifs is 1. The predicted molar refractivity (Wildman–Crippen MR) is 116 cm³/mol. The van der Waals surface area contributed by atoms with Crippen molar-refractivity contribution >= 4 is 33.2 Å². The van der Waals surface area contributed by atoms with E-state index >= 15 is 0 Å². The standard InChI is InChI=1S/C22H19N3O4S/c1-12-17(22(26)29-3)18(19(25(27)28)13(2)23-12)15-10-7-11-16-20(15)30-21(24-16)14-8-5-4-6-9-14/h4-11,18-19H,1-3H3. The molecule has 0 aliphatic carbocycles. The van der Waals surface area contributed by atoms with Gasteiger partial charge < -0.3 is 4.74 Å². The molecule has 1 aliphatic rings. The van der Waals surface area contributed by atoms with Gasteiger partial charge in [0.15, 0.2) is 0 Å². The van der Waals surface area contributed by atoms with Crippen LogP contribution < -0.4 is 0 Å². The second kappa shape index (κ2) is 7.79. The maximum Gasteiger partial charge on any atom is 0.336 e. The quantitative estimate of drug-likeness (QED) is 0.348. The van der Waals surface area contributed by atoms with Crippen LogP contribution in [-0.2, 0) is 9.53 Å². The summed E-state index contributed by atoms with van der Waals surface area (Å²) in [5.41, 5.74) is 3.40. The van der Waals surface area contributed by atoms with Gasteiger partial charge in [-0.05, 0) is 25.5 Å². The predicted octanol–water partition coefficient (Wildman–Crippen LogP) is 4.61. The van der Waals surface area contributed by atoms with Gasteiger partial charge in [-0.3, -0.25) is 15.1 Å². The Morgan fingerprint density at radius 2 is 1.87 bits per heavy atom. The smallest absolute Gasteiger partial charge is 0.336 e. The molecule has 2 aromatic carbocycles. The average molecular weight is 421 g/mol. The molecule has 2 atom stereocenters. The summed E-state index contributed by atoms with van der Waals surface area (Å²) in [6, 6.07) is 14.1. The first kappa shape index (κ1) is 19.9. The number of hydrogen-bond donors (Lipinski definition) is 0. The highest BCUT2D eigenvalue weighted by Crippen LogP contribution is 2.42. The molecule has 0 bridgehead atoms. The summed E-state index contributed by atoms with van der Waals surface area (Å²) in [5, 5.41) is 12.8. The Labute approximate surface area is 176 Å². The first-order valence-electron chi connectivity index (χ1n) is 9.35. The Morgan fingerprint density at radius 3 is 2.53 bits per heavy atom. The minimum absolute atomic E-state index is 0.215. The minimum Gasteiger partial charge on any atom is -0.466 e. The summed E-state index contributed by atoms with van der Waals surface area (Å²) in [7, 11) is 1.27. The molecule has 0 N–H and O–H groups in total. The fraction of sp³-hybridized carbons (Fsp3) is 0.227. The van der Waals surface area contributed by atoms with Crippen LogP contribution in [0.5, 0.6) is 0 Å². The van der Waals surface area contributed by atoms with Crippen LogP contribution in [0.3, 0.4) is 0 Å². The van der Waals surface area contributed by atoms with Gasteiger partial charge in [-0.1, -0.05) is 42.5 Å². The fourth-order valence-electron chi connectivity index (χ4n) is 3.92. The molecule has 0 fully saturated rings. The number of carbonyl (C=O) groups excluding carboxylic acids is 1. The van der Waals surface area contributed by atoms with Crippen LogP contribution in [0.1, 0.15) is 25.3 Å². The zero-order valence-corrected chi connectivity index (χ0v) is 17.5. The summed E-state index contributed by atoms with van der Waals surface area (Å²) in [5.74, 6) is -1.41. The van der Waals surface area contributed by atoms with Crippen molar-refractivity contribution in [2.24, 2.45) is 4.99 Å². The van der Waals surface area contributed by atoms with Crippen molar-refractivity contribution < 1.29 is 14.5 Å². The van der Waals surface area contributed by atoms with Crippen molar-refractivity contribution in [2.45, 2.75) is 25.8 Å². The highest BCUT2D eigenvalue weighted by molar-refractivity contribution is 7.21. The third-order valence-corrected chi connectivity index (χ3v) is 6.39. The summed E-state index contributed by atoms with van der Waals surface area (Å²) in [4.78, 5) is 33.3. The molecular formula is C22H19N3O4S. The molecule has 0 radical (unpaired) electrons. The van der Waals surface area contributed by atoms with Crippen LogP contribution in [0, 0.1) is 10.1 Å². The minimum atomic E-state index is -1.16. The number of aliphatic imine (C=N–C) groups is 1. The van der Waals surface area contributed by atoms with Gasteiger partial charge in [0.1, 0.15) is 5.01 Å². The number of aromatic nitrogens is 1. The van der Waals surface area contributed by atoms with E-state index in [1.54, 1.807) is 13.8 Å². The van der Waals surface area contributed by atoms with Crippen molar-refractivity contribution in [2.75, 3.05) is 7.11 Å². The Hall–Kier alpha value is -3.39. The number of benzene rings is 2. The first-order chi connectivity index (χ1) is 14.4. The van der Waals surface area contributed by atoms with Gasteiger partial charge >= 0.3 is 5.97 Å². The SMILES string of the molecule is COC(=O)C1=C(C)N=C(C)C([N+](=O)[O-])C1c1cccc2nc(-c3ccccc3)sc12. The van der Waals surface area contributed by atoms with E-state index in [9.17, 15) is 14.9 Å². The fourth-order valence-corrected chi connectivity index (χ4v) is 5.04. The number of hydrogen-bond acceptors (Lipinski definition) is 7. The first-order valence-corrected chi connectivity index (χ1v) is 10.2. The van der Waals surface area contributed by atoms with E-state index in [0.29, 0.717) is 17.0 Å². The number of esters is 1. The topological polar surface area (TPSA) is 94.7 Å². The summed E-state index contributed by atoms with van der Waals surface area (Å²) in [6.07, 6.45) is 0. The molecular weight excluding hydrogens is 402 g/mol. The highest BCUT2D eigenvalue weighted by Gasteiger charge is 2.45. The van der Waals surface area contributed by atoms with Crippen molar-refractivity contribution in [3.05, 3.63) is 75.5 Å². The second-order valence-electron chi connectivity index (χ2n) is 7.03. The third-order valence-electron chi connectivity index (χ3n) is 5.22. The zero-order chi connectivity index (χ0) is 21.4.